The van der Waals surface area contributed by atoms with Crippen LogP contribution in [0.25, 0.3) is 0 Å². The highest BCUT2D eigenvalue weighted by atomic mass is 31.2. The Balaban J connectivity index is 2.50. The Morgan fingerprint density at radius 1 is 1.46 bits per heavy atom. The highest BCUT2D eigenvalue weighted by molar-refractivity contribution is 7.67. The zero-order valence-corrected chi connectivity index (χ0v) is 10.2. The second-order valence-corrected chi connectivity index (χ2v) is 7.80. The van der Waals surface area contributed by atoms with E-state index < -0.39 is 7.11 Å². The molecule has 78 valence electrons. The lowest BCUT2D eigenvalue weighted by atomic mass is 10.2. The molecule has 1 saturated heterocycles. The second kappa shape index (κ2) is 4.16. The lowest BCUT2D eigenvalue weighted by Crippen LogP contribution is -2.32. The zero-order chi connectivity index (χ0) is 10.1. The normalized spacial score (nSPS) is 31.1. The molecule has 0 spiro atoms. The van der Waals surface area contributed by atoms with Crippen molar-refractivity contribution in [1.29, 1.82) is 0 Å². The van der Waals surface area contributed by atoms with Gasteiger partial charge in [0.15, 0.2) is 0 Å². The van der Waals surface area contributed by atoms with Crippen LogP contribution in [0.4, 0.5) is 0 Å². The van der Waals surface area contributed by atoms with Crippen LogP contribution in [-0.4, -0.2) is 43.8 Å². The fourth-order valence-electron chi connectivity index (χ4n) is 1.93. The lowest BCUT2D eigenvalue weighted by molar-refractivity contribution is 0.0703. The molecule has 0 aromatic carbocycles. The summed E-state index contributed by atoms with van der Waals surface area (Å²) >= 11 is 0. The summed E-state index contributed by atoms with van der Waals surface area (Å²) in [7, 11) is 0.837. The minimum absolute atomic E-state index is 0.325. The summed E-state index contributed by atoms with van der Waals surface area (Å²) in [6.07, 6.45) is 8.08. The van der Waals surface area contributed by atoms with Gasteiger partial charge in [-0.2, -0.15) is 0 Å². The van der Waals surface area contributed by atoms with E-state index in [1.807, 2.05) is 0 Å². The maximum atomic E-state index is 5.97. The molecule has 0 aromatic rings. The molecule has 3 heteroatoms. The molecule has 13 heavy (non-hydrogen) atoms. The highest BCUT2D eigenvalue weighted by Gasteiger charge is 2.30. The van der Waals surface area contributed by atoms with Crippen LogP contribution in [0.2, 0.25) is 0 Å². The molecule has 2 nitrogen and oxygen atoms in total. The van der Waals surface area contributed by atoms with Crippen LogP contribution in [0.1, 0.15) is 26.2 Å². The van der Waals surface area contributed by atoms with Gasteiger partial charge in [-0.05, 0) is 46.8 Å². The molecular weight excluding hydrogens is 181 g/mol. The molecule has 1 rings (SSSR count). The first-order valence-corrected chi connectivity index (χ1v) is 7.81. The SMILES string of the molecule is C=P(C)(C)OC1CCC(CC)N1C. The van der Waals surface area contributed by atoms with Crippen LogP contribution in [0.3, 0.4) is 0 Å². The number of rotatable bonds is 3. The van der Waals surface area contributed by atoms with Crippen LogP contribution in [0.5, 0.6) is 0 Å². The van der Waals surface area contributed by atoms with E-state index in [4.69, 9.17) is 4.52 Å². The number of hydrogen-bond acceptors (Lipinski definition) is 2. The Bertz CT molecular complexity index is 211. The molecule has 1 fully saturated rings. The Hall–Kier alpha value is 0.220. The summed E-state index contributed by atoms with van der Waals surface area (Å²) < 4.78 is 5.97. The summed E-state index contributed by atoms with van der Waals surface area (Å²) in [5.41, 5.74) is 0. The van der Waals surface area contributed by atoms with E-state index in [0.717, 1.165) is 6.04 Å². The minimum atomic E-state index is -1.33. The fraction of sp³-hybridized carbons (Fsp3) is 0.900. The van der Waals surface area contributed by atoms with E-state index in [9.17, 15) is 0 Å². The smallest absolute Gasteiger partial charge is 0.114 e. The average Bonchev–Trinajstić information content (AvgIpc) is 2.30. The molecule has 0 aliphatic carbocycles. The van der Waals surface area contributed by atoms with Gasteiger partial charge in [0.1, 0.15) is 6.23 Å². The molecule has 1 aliphatic heterocycles. The standard InChI is InChI=1S/C10H22NOP/c1-6-9-7-8-10(11(9)2)12-13(3,4)5/h9-10H,3,6-8H2,1-2,4-5H3. The van der Waals surface area contributed by atoms with Gasteiger partial charge in [-0.3, -0.25) is 4.90 Å². The zero-order valence-electron chi connectivity index (χ0n) is 9.29. The Labute approximate surface area is 82.3 Å². The third-order valence-electron chi connectivity index (χ3n) is 2.66. The second-order valence-electron chi connectivity index (χ2n) is 4.44. The Morgan fingerprint density at radius 2 is 2.08 bits per heavy atom. The number of likely N-dealkylation sites (tertiary alicyclic amines) is 1. The first kappa shape index (κ1) is 11.3. The van der Waals surface area contributed by atoms with Gasteiger partial charge in [0.2, 0.25) is 0 Å². The first-order valence-electron chi connectivity index (χ1n) is 5.02. The summed E-state index contributed by atoms with van der Waals surface area (Å²) in [6.45, 7) is 6.49. The van der Waals surface area contributed by atoms with Crippen LogP contribution >= 0.6 is 7.11 Å². The summed E-state index contributed by atoms with van der Waals surface area (Å²) in [5.74, 6) is 0. The largest absolute Gasteiger partial charge is 0.344 e. The third-order valence-corrected chi connectivity index (χ3v) is 3.47. The maximum absolute atomic E-state index is 5.97. The van der Waals surface area contributed by atoms with Gasteiger partial charge in [0.05, 0.1) is 0 Å². The van der Waals surface area contributed by atoms with Crippen molar-refractivity contribution >= 4 is 13.4 Å². The average molecular weight is 203 g/mol. The van der Waals surface area contributed by atoms with E-state index in [0.29, 0.717) is 6.23 Å². The van der Waals surface area contributed by atoms with Crippen molar-refractivity contribution in [3.8, 4) is 0 Å². The molecule has 0 aromatic heterocycles. The van der Waals surface area contributed by atoms with Gasteiger partial charge in [-0.1, -0.05) is 13.2 Å². The predicted octanol–water partition coefficient (Wildman–Crippen LogP) is 2.46. The van der Waals surface area contributed by atoms with Crippen molar-refractivity contribution in [3.05, 3.63) is 0 Å². The van der Waals surface area contributed by atoms with Crippen LogP contribution in [0.15, 0.2) is 0 Å². The molecule has 0 radical (unpaired) electrons. The molecule has 1 heterocycles. The number of nitrogens with zero attached hydrogens (tertiary/aromatic N) is 1. The topological polar surface area (TPSA) is 12.5 Å². The van der Waals surface area contributed by atoms with Gasteiger partial charge in [0, 0.05) is 6.04 Å². The summed E-state index contributed by atoms with van der Waals surface area (Å²) in [6, 6.07) is 0.719. The van der Waals surface area contributed by atoms with E-state index in [2.05, 4.69) is 38.5 Å². The van der Waals surface area contributed by atoms with Crippen molar-refractivity contribution in [2.24, 2.45) is 0 Å². The van der Waals surface area contributed by atoms with E-state index in [1.165, 1.54) is 19.3 Å². The van der Waals surface area contributed by atoms with Crippen LogP contribution < -0.4 is 0 Å². The number of hydrogen-bond donors (Lipinski definition) is 0. The first-order chi connectivity index (χ1) is 5.94. The molecular formula is C10H22NOP. The van der Waals surface area contributed by atoms with Gasteiger partial charge in [-0.15, -0.1) is 0 Å². The molecule has 0 N–H and O–H groups in total. The van der Waals surface area contributed by atoms with E-state index >= 15 is 0 Å². The van der Waals surface area contributed by atoms with Crippen LogP contribution in [0, 0.1) is 0 Å². The fourth-order valence-corrected chi connectivity index (χ4v) is 2.84. The minimum Gasteiger partial charge on any atom is -0.344 e. The molecule has 0 amide bonds. The molecule has 1 aliphatic rings. The van der Waals surface area contributed by atoms with Crippen molar-refractivity contribution in [2.75, 3.05) is 20.4 Å². The highest BCUT2D eigenvalue weighted by Crippen LogP contribution is 2.42. The van der Waals surface area contributed by atoms with Gasteiger partial charge in [-0.25, -0.2) is 0 Å². The monoisotopic (exact) mass is 203 g/mol. The van der Waals surface area contributed by atoms with E-state index in [-0.39, 0.29) is 0 Å². The quantitative estimate of drug-likeness (QED) is 0.653. The summed E-state index contributed by atoms with van der Waals surface area (Å²) in [5, 5.41) is 0. The predicted molar refractivity (Wildman–Crippen MR) is 61.8 cm³/mol. The van der Waals surface area contributed by atoms with E-state index in [1.54, 1.807) is 0 Å². The van der Waals surface area contributed by atoms with Crippen molar-refractivity contribution < 1.29 is 4.52 Å². The lowest BCUT2D eigenvalue weighted by Gasteiger charge is -2.28. The van der Waals surface area contributed by atoms with Crippen molar-refractivity contribution in [3.63, 3.8) is 0 Å². The molecule has 0 saturated carbocycles. The van der Waals surface area contributed by atoms with Gasteiger partial charge >= 0.3 is 0 Å². The van der Waals surface area contributed by atoms with Gasteiger partial charge < -0.3 is 4.52 Å². The van der Waals surface area contributed by atoms with Crippen LogP contribution in [-0.2, 0) is 4.52 Å². The molecule has 0 bridgehead atoms. The maximum Gasteiger partial charge on any atom is 0.114 e. The Kier molecular flexibility index (Phi) is 3.62. The van der Waals surface area contributed by atoms with Gasteiger partial charge in [0.25, 0.3) is 0 Å². The molecule has 2 atom stereocenters. The Morgan fingerprint density at radius 3 is 2.46 bits per heavy atom. The summed E-state index contributed by atoms with van der Waals surface area (Å²) in [4.78, 5) is 2.37. The third kappa shape index (κ3) is 3.12. The van der Waals surface area contributed by atoms with Crippen molar-refractivity contribution in [1.82, 2.24) is 4.90 Å². The molecule has 2 unspecified atom stereocenters. The van der Waals surface area contributed by atoms with Crippen molar-refractivity contribution in [2.45, 2.75) is 38.5 Å².